The van der Waals surface area contributed by atoms with Crippen LogP contribution in [0, 0.1) is 5.82 Å². The van der Waals surface area contributed by atoms with Crippen molar-refractivity contribution < 1.29 is 13.9 Å². The average molecular weight is 397 g/mol. The Morgan fingerprint density at radius 3 is 2.82 bits per heavy atom. The van der Waals surface area contributed by atoms with Gasteiger partial charge in [0.2, 0.25) is 4.96 Å². The third-order valence-corrected chi connectivity index (χ3v) is 5.13. The summed E-state index contributed by atoms with van der Waals surface area (Å²) in [6.45, 7) is 1.99. The molecule has 0 unspecified atom stereocenters. The number of halogens is 1. The van der Waals surface area contributed by atoms with E-state index in [1.807, 2.05) is 13.0 Å². The number of ether oxygens (including phenoxy) is 1. The van der Waals surface area contributed by atoms with Crippen LogP contribution in [0.5, 0.6) is 5.75 Å². The maximum Gasteiger partial charge on any atom is 0.258 e. The summed E-state index contributed by atoms with van der Waals surface area (Å²) >= 11 is 1.39. The maximum atomic E-state index is 13.9. The molecule has 0 aliphatic carbocycles. The number of fused-ring (bicyclic) bond motifs is 1. The SMILES string of the molecule is CCc1nnc2sc(-c3ccc(OC)c(NC(=O)c4ccccc4F)c3)nn12. The fourth-order valence-electron chi connectivity index (χ4n) is 2.77. The van der Waals surface area contributed by atoms with Gasteiger partial charge in [-0.05, 0) is 30.3 Å². The second-order valence-electron chi connectivity index (χ2n) is 5.92. The van der Waals surface area contributed by atoms with Crippen LogP contribution < -0.4 is 10.1 Å². The van der Waals surface area contributed by atoms with Gasteiger partial charge in [0.1, 0.15) is 16.6 Å². The first-order valence-corrected chi connectivity index (χ1v) is 9.37. The van der Waals surface area contributed by atoms with Crippen LogP contribution in [-0.2, 0) is 6.42 Å². The molecule has 0 fully saturated rings. The molecule has 2 aromatic heterocycles. The lowest BCUT2D eigenvalue weighted by Gasteiger charge is -2.11. The molecule has 1 amide bonds. The average Bonchev–Trinajstić information content (AvgIpc) is 3.28. The van der Waals surface area contributed by atoms with Crippen molar-refractivity contribution in [2.75, 3.05) is 12.4 Å². The van der Waals surface area contributed by atoms with Gasteiger partial charge in [-0.15, -0.1) is 10.2 Å². The topological polar surface area (TPSA) is 81.4 Å². The van der Waals surface area contributed by atoms with Crippen LogP contribution in [0.1, 0.15) is 23.1 Å². The van der Waals surface area contributed by atoms with Crippen LogP contribution in [0.25, 0.3) is 15.5 Å². The number of carbonyl (C=O) groups excluding carboxylic acids is 1. The van der Waals surface area contributed by atoms with Gasteiger partial charge in [-0.3, -0.25) is 4.79 Å². The zero-order valence-electron chi connectivity index (χ0n) is 15.1. The fraction of sp³-hybridized carbons (Fsp3) is 0.158. The van der Waals surface area contributed by atoms with Gasteiger partial charge >= 0.3 is 0 Å². The Kier molecular flexibility index (Phi) is 4.74. The smallest absolute Gasteiger partial charge is 0.258 e. The van der Waals surface area contributed by atoms with E-state index in [1.165, 1.54) is 36.6 Å². The molecule has 4 aromatic rings. The fourth-order valence-corrected chi connectivity index (χ4v) is 3.62. The van der Waals surface area contributed by atoms with Crippen LogP contribution >= 0.6 is 11.3 Å². The third-order valence-electron chi connectivity index (χ3n) is 4.18. The van der Waals surface area contributed by atoms with Gasteiger partial charge in [0.15, 0.2) is 5.82 Å². The zero-order chi connectivity index (χ0) is 19.7. The number of carbonyl (C=O) groups is 1. The van der Waals surface area contributed by atoms with E-state index in [2.05, 4.69) is 20.6 Å². The lowest BCUT2D eigenvalue weighted by molar-refractivity contribution is 0.102. The van der Waals surface area contributed by atoms with Gasteiger partial charge in [0.05, 0.1) is 18.4 Å². The van der Waals surface area contributed by atoms with Gasteiger partial charge < -0.3 is 10.1 Å². The van der Waals surface area contributed by atoms with Crippen molar-refractivity contribution in [2.45, 2.75) is 13.3 Å². The molecule has 142 valence electrons. The first-order chi connectivity index (χ1) is 13.6. The lowest BCUT2D eigenvalue weighted by Crippen LogP contribution is -2.14. The Morgan fingerprint density at radius 1 is 1.25 bits per heavy atom. The highest BCUT2D eigenvalue weighted by Crippen LogP contribution is 2.33. The summed E-state index contributed by atoms with van der Waals surface area (Å²) in [5.41, 5.74) is 1.17. The monoisotopic (exact) mass is 397 g/mol. The van der Waals surface area contributed by atoms with E-state index in [-0.39, 0.29) is 5.56 Å². The Bertz CT molecular complexity index is 1170. The molecule has 1 N–H and O–H groups in total. The van der Waals surface area contributed by atoms with Crippen molar-refractivity contribution in [3.63, 3.8) is 0 Å². The highest BCUT2D eigenvalue weighted by atomic mass is 32.1. The number of hydrogen-bond donors (Lipinski definition) is 1. The molecule has 2 aromatic carbocycles. The molecule has 0 bridgehead atoms. The summed E-state index contributed by atoms with van der Waals surface area (Å²) in [4.78, 5) is 13.2. The minimum absolute atomic E-state index is 0.0404. The van der Waals surface area contributed by atoms with Gasteiger partial charge in [-0.1, -0.05) is 30.4 Å². The second-order valence-corrected chi connectivity index (χ2v) is 6.88. The number of nitrogens with one attached hydrogen (secondary N) is 1. The van der Waals surface area contributed by atoms with Crippen molar-refractivity contribution in [2.24, 2.45) is 0 Å². The van der Waals surface area contributed by atoms with E-state index in [4.69, 9.17) is 4.74 Å². The number of methoxy groups -OCH3 is 1. The third kappa shape index (κ3) is 3.20. The summed E-state index contributed by atoms with van der Waals surface area (Å²) in [5, 5.41) is 16.2. The van der Waals surface area contributed by atoms with Crippen LogP contribution in [-0.4, -0.2) is 32.8 Å². The van der Waals surface area contributed by atoms with Crippen LogP contribution in [0.15, 0.2) is 42.5 Å². The van der Waals surface area contributed by atoms with E-state index in [9.17, 15) is 9.18 Å². The van der Waals surface area contributed by atoms with E-state index < -0.39 is 11.7 Å². The summed E-state index contributed by atoms with van der Waals surface area (Å²) in [6.07, 6.45) is 0.719. The molecule has 4 rings (SSSR count). The largest absolute Gasteiger partial charge is 0.495 e. The molecule has 2 heterocycles. The zero-order valence-corrected chi connectivity index (χ0v) is 16.0. The maximum absolute atomic E-state index is 13.9. The van der Waals surface area contributed by atoms with Crippen molar-refractivity contribution in [3.05, 3.63) is 59.7 Å². The number of aryl methyl sites for hydroxylation is 1. The van der Waals surface area contributed by atoms with Gasteiger partial charge in [0.25, 0.3) is 5.91 Å². The van der Waals surface area contributed by atoms with E-state index in [1.54, 1.807) is 22.7 Å². The first-order valence-electron chi connectivity index (χ1n) is 8.56. The predicted octanol–water partition coefficient (Wildman–Crippen LogP) is 3.82. The Hall–Kier alpha value is -3.33. The standard InChI is InChI=1S/C19H16FN5O2S/c1-3-16-22-23-19-25(16)24-18(28-19)11-8-9-15(27-2)14(10-11)21-17(26)12-6-4-5-7-13(12)20/h4-10H,3H2,1-2H3,(H,21,26). The summed E-state index contributed by atoms with van der Waals surface area (Å²) in [7, 11) is 1.50. The minimum atomic E-state index is -0.587. The summed E-state index contributed by atoms with van der Waals surface area (Å²) in [5.74, 6) is 0.0978. The molecule has 0 aliphatic rings. The molecule has 0 atom stereocenters. The number of benzene rings is 2. The minimum Gasteiger partial charge on any atom is -0.495 e. The molecular formula is C19H16FN5O2S. The number of nitrogens with zero attached hydrogens (tertiary/aromatic N) is 4. The van der Waals surface area contributed by atoms with E-state index in [0.29, 0.717) is 16.4 Å². The molecule has 0 spiro atoms. The Balaban J connectivity index is 1.70. The molecular weight excluding hydrogens is 381 g/mol. The second kappa shape index (κ2) is 7.35. The Labute approximate surface area is 163 Å². The molecule has 28 heavy (non-hydrogen) atoms. The lowest BCUT2D eigenvalue weighted by atomic mass is 10.1. The highest BCUT2D eigenvalue weighted by Gasteiger charge is 2.16. The predicted molar refractivity (Wildman–Crippen MR) is 104 cm³/mol. The molecule has 9 heteroatoms. The van der Waals surface area contributed by atoms with Crippen molar-refractivity contribution in [1.82, 2.24) is 19.8 Å². The molecule has 0 radical (unpaired) electrons. The first kappa shape index (κ1) is 18.1. The van der Waals surface area contributed by atoms with Gasteiger partial charge in [-0.25, -0.2) is 4.39 Å². The van der Waals surface area contributed by atoms with Crippen LogP contribution in [0.3, 0.4) is 0 Å². The Morgan fingerprint density at radius 2 is 2.07 bits per heavy atom. The highest BCUT2D eigenvalue weighted by molar-refractivity contribution is 7.19. The molecule has 0 aliphatic heterocycles. The van der Waals surface area contributed by atoms with Gasteiger partial charge in [0, 0.05) is 12.0 Å². The number of hydrogen-bond acceptors (Lipinski definition) is 6. The van der Waals surface area contributed by atoms with Crippen LogP contribution in [0.4, 0.5) is 10.1 Å². The van der Waals surface area contributed by atoms with Crippen LogP contribution in [0.2, 0.25) is 0 Å². The van der Waals surface area contributed by atoms with E-state index >= 15 is 0 Å². The van der Waals surface area contributed by atoms with Crippen molar-refractivity contribution in [3.8, 4) is 16.3 Å². The molecule has 0 saturated carbocycles. The van der Waals surface area contributed by atoms with Crippen molar-refractivity contribution in [1.29, 1.82) is 0 Å². The number of rotatable bonds is 5. The molecule has 0 saturated heterocycles. The van der Waals surface area contributed by atoms with Crippen molar-refractivity contribution >= 4 is 27.9 Å². The summed E-state index contributed by atoms with van der Waals surface area (Å²) < 4.78 is 20.9. The quantitative estimate of drug-likeness (QED) is 0.554. The number of anilines is 1. The summed E-state index contributed by atoms with van der Waals surface area (Å²) in [6, 6.07) is 11.1. The normalized spacial score (nSPS) is 11.0. The van der Waals surface area contributed by atoms with E-state index in [0.717, 1.165) is 22.8 Å². The van der Waals surface area contributed by atoms with Gasteiger partial charge in [-0.2, -0.15) is 9.61 Å². The molecule has 7 nitrogen and oxygen atoms in total. The number of amides is 1. The number of aromatic nitrogens is 4.